The maximum absolute atomic E-state index is 3.87. The van der Waals surface area contributed by atoms with E-state index >= 15 is 0 Å². The molecule has 2 aliphatic carbocycles. The molecule has 2 unspecified atom stereocenters. The van der Waals surface area contributed by atoms with E-state index < -0.39 is 0 Å². The Labute approximate surface area is 125 Å². The third-order valence-electron chi connectivity index (χ3n) is 6.65. The minimum absolute atomic E-state index is 0.683. The number of piperazine rings is 1. The minimum atomic E-state index is 0.683. The summed E-state index contributed by atoms with van der Waals surface area (Å²) in [6.45, 7) is 8.72. The lowest BCUT2D eigenvalue weighted by atomic mass is 9.66. The fourth-order valence-corrected chi connectivity index (χ4v) is 4.75. The van der Waals surface area contributed by atoms with Crippen LogP contribution in [0, 0.1) is 11.3 Å². The first-order valence-corrected chi connectivity index (χ1v) is 9.20. The number of rotatable bonds is 4. The molecule has 0 bridgehead atoms. The van der Waals surface area contributed by atoms with Crippen molar-refractivity contribution in [3.05, 3.63) is 0 Å². The van der Waals surface area contributed by atoms with E-state index in [-0.39, 0.29) is 0 Å². The molecule has 0 amide bonds. The van der Waals surface area contributed by atoms with Gasteiger partial charge in [-0.15, -0.1) is 0 Å². The maximum atomic E-state index is 3.87. The second-order valence-electron chi connectivity index (χ2n) is 7.90. The molecule has 3 rings (SSSR count). The van der Waals surface area contributed by atoms with E-state index in [4.69, 9.17) is 0 Å². The highest BCUT2D eigenvalue weighted by atomic mass is 15.2. The predicted octanol–water partition coefficient (Wildman–Crippen LogP) is 3.81. The van der Waals surface area contributed by atoms with Crippen LogP contribution in [0.15, 0.2) is 0 Å². The van der Waals surface area contributed by atoms with E-state index in [0.29, 0.717) is 5.41 Å². The topological polar surface area (TPSA) is 15.3 Å². The number of hydrogen-bond donors (Lipinski definition) is 1. The van der Waals surface area contributed by atoms with Gasteiger partial charge in [-0.3, -0.25) is 4.90 Å². The normalized spacial score (nSPS) is 35.7. The summed E-state index contributed by atoms with van der Waals surface area (Å²) in [6.07, 6.45) is 13.2. The molecule has 1 N–H and O–H groups in total. The van der Waals surface area contributed by atoms with Crippen LogP contribution < -0.4 is 5.32 Å². The molecular formula is C18H34N2. The third kappa shape index (κ3) is 3.06. The largest absolute Gasteiger partial charge is 0.311 e. The van der Waals surface area contributed by atoms with Crippen LogP contribution in [-0.2, 0) is 0 Å². The van der Waals surface area contributed by atoms with Gasteiger partial charge in [-0.25, -0.2) is 0 Å². The van der Waals surface area contributed by atoms with E-state index in [1.54, 1.807) is 0 Å². The molecule has 0 aromatic heterocycles. The van der Waals surface area contributed by atoms with Crippen LogP contribution in [0.2, 0.25) is 0 Å². The van der Waals surface area contributed by atoms with Gasteiger partial charge < -0.3 is 5.32 Å². The molecule has 1 heterocycles. The number of nitrogens with one attached hydrogen (secondary N) is 1. The van der Waals surface area contributed by atoms with Crippen molar-refractivity contribution in [2.75, 3.05) is 19.6 Å². The van der Waals surface area contributed by atoms with E-state index in [1.807, 2.05) is 0 Å². The Kier molecular flexibility index (Phi) is 4.72. The van der Waals surface area contributed by atoms with Gasteiger partial charge in [-0.05, 0) is 50.4 Å². The highest BCUT2D eigenvalue weighted by Gasteiger charge is 2.40. The van der Waals surface area contributed by atoms with E-state index in [1.165, 1.54) is 77.4 Å². The standard InChI is InChI=1S/C18H34N2/c1-3-18(10-7-11-18)14-20-13-17(19-12-15(20)2)16-8-5-4-6-9-16/h15-17,19H,3-14H2,1-2H3. The van der Waals surface area contributed by atoms with Crippen molar-refractivity contribution < 1.29 is 0 Å². The summed E-state index contributed by atoms with van der Waals surface area (Å²) in [4.78, 5) is 2.83. The average Bonchev–Trinajstić information content (AvgIpc) is 2.45. The molecule has 2 nitrogen and oxygen atoms in total. The van der Waals surface area contributed by atoms with Gasteiger partial charge in [0.1, 0.15) is 0 Å². The lowest BCUT2D eigenvalue weighted by Gasteiger charge is -2.50. The van der Waals surface area contributed by atoms with Crippen LogP contribution in [0.1, 0.15) is 71.6 Å². The molecule has 3 fully saturated rings. The summed E-state index contributed by atoms with van der Waals surface area (Å²) >= 11 is 0. The number of nitrogens with zero attached hydrogens (tertiary/aromatic N) is 1. The van der Waals surface area contributed by atoms with Crippen molar-refractivity contribution in [1.82, 2.24) is 10.2 Å². The molecule has 116 valence electrons. The SMILES string of the molecule is CCC1(CN2CC(C3CCCCC3)NCC2C)CCC1. The smallest absolute Gasteiger partial charge is 0.0224 e. The Morgan fingerprint density at radius 3 is 2.45 bits per heavy atom. The summed E-state index contributed by atoms with van der Waals surface area (Å²) in [7, 11) is 0. The first kappa shape index (κ1) is 14.8. The first-order valence-electron chi connectivity index (χ1n) is 9.20. The van der Waals surface area contributed by atoms with E-state index in [0.717, 1.165) is 18.0 Å². The number of hydrogen-bond acceptors (Lipinski definition) is 2. The van der Waals surface area contributed by atoms with Crippen LogP contribution >= 0.6 is 0 Å². The van der Waals surface area contributed by atoms with Crippen molar-refractivity contribution in [3.8, 4) is 0 Å². The molecule has 2 atom stereocenters. The van der Waals surface area contributed by atoms with Gasteiger partial charge in [0.25, 0.3) is 0 Å². The molecule has 1 aliphatic heterocycles. The fraction of sp³-hybridized carbons (Fsp3) is 1.00. The van der Waals surface area contributed by atoms with Gasteiger partial charge >= 0.3 is 0 Å². The van der Waals surface area contributed by atoms with Crippen LogP contribution in [0.5, 0.6) is 0 Å². The van der Waals surface area contributed by atoms with Crippen molar-refractivity contribution >= 4 is 0 Å². The van der Waals surface area contributed by atoms with Gasteiger partial charge in [0.2, 0.25) is 0 Å². The van der Waals surface area contributed by atoms with E-state index in [2.05, 4.69) is 24.1 Å². The summed E-state index contributed by atoms with van der Waals surface area (Å²) < 4.78 is 0. The second kappa shape index (κ2) is 6.36. The van der Waals surface area contributed by atoms with Crippen molar-refractivity contribution in [2.24, 2.45) is 11.3 Å². The predicted molar refractivity (Wildman–Crippen MR) is 86.0 cm³/mol. The maximum Gasteiger partial charge on any atom is 0.0224 e. The minimum Gasteiger partial charge on any atom is -0.311 e. The zero-order valence-electron chi connectivity index (χ0n) is 13.7. The fourth-order valence-electron chi connectivity index (χ4n) is 4.75. The summed E-state index contributed by atoms with van der Waals surface area (Å²) in [5.41, 5.74) is 0.683. The van der Waals surface area contributed by atoms with Crippen LogP contribution in [-0.4, -0.2) is 36.6 Å². The zero-order valence-corrected chi connectivity index (χ0v) is 13.7. The van der Waals surface area contributed by atoms with Crippen LogP contribution in [0.3, 0.4) is 0 Å². The molecule has 0 aromatic carbocycles. The Hall–Kier alpha value is -0.0800. The Morgan fingerprint density at radius 2 is 1.85 bits per heavy atom. The molecule has 1 saturated heterocycles. The van der Waals surface area contributed by atoms with E-state index in [9.17, 15) is 0 Å². The molecule has 0 spiro atoms. The summed E-state index contributed by atoms with van der Waals surface area (Å²) in [5.74, 6) is 0.956. The second-order valence-corrected chi connectivity index (χ2v) is 7.90. The van der Waals surface area contributed by atoms with Crippen molar-refractivity contribution in [2.45, 2.75) is 83.7 Å². The monoisotopic (exact) mass is 278 g/mol. The zero-order chi connectivity index (χ0) is 14.0. The molecule has 3 aliphatic rings. The molecule has 2 heteroatoms. The molecule has 2 saturated carbocycles. The van der Waals surface area contributed by atoms with Gasteiger partial charge in [0.15, 0.2) is 0 Å². The Morgan fingerprint density at radius 1 is 1.10 bits per heavy atom. The van der Waals surface area contributed by atoms with Gasteiger partial charge in [-0.1, -0.05) is 32.6 Å². The van der Waals surface area contributed by atoms with Crippen LogP contribution in [0.25, 0.3) is 0 Å². The third-order valence-corrected chi connectivity index (χ3v) is 6.65. The first-order chi connectivity index (χ1) is 9.72. The summed E-state index contributed by atoms with van der Waals surface area (Å²) in [5, 5.41) is 3.87. The highest BCUT2D eigenvalue weighted by Crippen LogP contribution is 2.45. The molecular weight excluding hydrogens is 244 g/mol. The van der Waals surface area contributed by atoms with Gasteiger partial charge in [0.05, 0.1) is 0 Å². The quantitative estimate of drug-likeness (QED) is 0.841. The van der Waals surface area contributed by atoms with Crippen molar-refractivity contribution in [3.63, 3.8) is 0 Å². The van der Waals surface area contributed by atoms with Crippen molar-refractivity contribution in [1.29, 1.82) is 0 Å². The van der Waals surface area contributed by atoms with Crippen LogP contribution in [0.4, 0.5) is 0 Å². The lowest BCUT2D eigenvalue weighted by Crippen LogP contribution is -2.60. The summed E-state index contributed by atoms with van der Waals surface area (Å²) in [6, 6.07) is 1.51. The average molecular weight is 278 g/mol. The Bertz CT molecular complexity index is 299. The van der Waals surface area contributed by atoms with Gasteiger partial charge in [-0.2, -0.15) is 0 Å². The molecule has 20 heavy (non-hydrogen) atoms. The Balaban J connectivity index is 1.58. The molecule has 0 aromatic rings. The lowest BCUT2D eigenvalue weighted by molar-refractivity contribution is 0.0159. The highest BCUT2D eigenvalue weighted by molar-refractivity contribution is 4.95. The molecule has 0 radical (unpaired) electrons. The van der Waals surface area contributed by atoms with Gasteiger partial charge in [0, 0.05) is 31.7 Å².